The molecule has 0 spiro atoms. The molecule has 0 bridgehead atoms. The number of benzene rings is 1. The van der Waals surface area contributed by atoms with Crippen molar-refractivity contribution < 1.29 is 22.7 Å². The Bertz CT molecular complexity index is 434. The van der Waals surface area contributed by atoms with Gasteiger partial charge < -0.3 is 10.5 Å². The van der Waals surface area contributed by atoms with Crippen molar-refractivity contribution in [3.8, 4) is 0 Å². The topological polar surface area (TPSA) is 52.3 Å². The Morgan fingerprint density at radius 2 is 2.06 bits per heavy atom. The number of rotatable bonds is 2. The van der Waals surface area contributed by atoms with Crippen LogP contribution >= 0.6 is 11.6 Å². The summed E-state index contributed by atoms with van der Waals surface area (Å²) in [5, 5.41) is -0.224. The van der Waals surface area contributed by atoms with E-state index in [1.807, 2.05) is 0 Å². The van der Waals surface area contributed by atoms with Gasteiger partial charge in [0.25, 0.3) is 0 Å². The average molecular weight is 268 g/mol. The first kappa shape index (κ1) is 13.8. The largest absolute Gasteiger partial charge is 0.468 e. The van der Waals surface area contributed by atoms with E-state index in [1.54, 1.807) is 0 Å². The molecule has 2 N–H and O–H groups in total. The van der Waals surface area contributed by atoms with Crippen LogP contribution in [-0.2, 0) is 15.7 Å². The summed E-state index contributed by atoms with van der Waals surface area (Å²) in [6.45, 7) is 0. The van der Waals surface area contributed by atoms with E-state index in [0.29, 0.717) is 0 Å². The molecule has 94 valence electrons. The molecular weight excluding hydrogens is 259 g/mol. The number of alkyl halides is 3. The fourth-order valence-corrected chi connectivity index (χ4v) is 1.64. The second-order valence-corrected chi connectivity index (χ2v) is 3.61. The summed E-state index contributed by atoms with van der Waals surface area (Å²) < 4.78 is 42.4. The van der Waals surface area contributed by atoms with Crippen LogP contribution in [0.15, 0.2) is 18.2 Å². The van der Waals surface area contributed by atoms with Crippen molar-refractivity contribution in [2.75, 3.05) is 7.11 Å². The van der Waals surface area contributed by atoms with Crippen LogP contribution in [0, 0.1) is 0 Å². The maximum atomic E-state index is 12.7. The molecule has 7 heteroatoms. The molecule has 1 aromatic rings. The van der Waals surface area contributed by atoms with Crippen LogP contribution in [-0.4, -0.2) is 13.1 Å². The van der Waals surface area contributed by atoms with Crippen molar-refractivity contribution in [1.82, 2.24) is 0 Å². The summed E-state index contributed by atoms with van der Waals surface area (Å²) >= 11 is 5.64. The number of carbonyl (C=O) groups excluding carboxylic acids is 1. The van der Waals surface area contributed by atoms with Crippen molar-refractivity contribution in [2.24, 2.45) is 5.73 Å². The normalized spacial score (nSPS) is 13.3. The number of carbonyl (C=O) groups is 1. The highest BCUT2D eigenvalue weighted by Crippen LogP contribution is 2.37. The van der Waals surface area contributed by atoms with E-state index in [1.165, 1.54) is 6.07 Å². The lowest BCUT2D eigenvalue weighted by atomic mass is 10.0. The van der Waals surface area contributed by atoms with Gasteiger partial charge in [-0.2, -0.15) is 13.2 Å². The lowest BCUT2D eigenvalue weighted by Crippen LogP contribution is -2.26. The summed E-state index contributed by atoms with van der Waals surface area (Å²) in [6.07, 6.45) is -4.63. The maximum absolute atomic E-state index is 12.7. The minimum atomic E-state index is -4.63. The fraction of sp³-hybridized carbons (Fsp3) is 0.300. The van der Waals surface area contributed by atoms with Crippen LogP contribution in [0.25, 0.3) is 0 Å². The van der Waals surface area contributed by atoms with Gasteiger partial charge >= 0.3 is 12.1 Å². The second kappa shape index (κ2) is 4.93. The predicted octanol–water partition coefficient (Wildman–Crippen LogP) is 2.53. The van der Waals surface area contributed by atoms with E-state index in [2.05, 4.69) is 4.74 Å². The molecule has 0 radical (unpaired) electrons. The Kier molecular flexibility index (Phi) is 4.00. The number of ether oxygens (including phenoxy) is 1. The first-order valence-corrected chi connectivity index (χ1v) is 4.86. The molecule has 0 aliphatic rings. The predicted molar refractivity (Wildman–Crippen MR) is 55.4 cm³/mol. The van der Waals surface area contributed by atoms with Gasteiger partial charge in [-0.05, 0) is 12.1 Å². The second-order valence-electron chi connectivity index (χ2n) is 3.20. The van der Waals surface area contributed by atoms with Gasteiger partial charge in [-0.15, -0.1) is 0 Å². The Morgan fingerprint density at radius 3 is 2.53 bits per heavy atom. The molecule has 0 saturated carbocycles. The zero-order chi connectivity index (χ0) is 13.2. The monoisotopic (exact) mass is 267 g/mol. The number of hydrogen-bond donors (Lipinski definition) is 1. The first-order valence-electron chi connectivity index (χ1n) is 4.48. The van der Waals surface area contributed by atoms with Gasteiger partial charge in [0.1, 0.15) is 6.04 Å². The number of nitrogens with two attached hydrogens (primary N) is 1. The third-order valence-corrected chi connectivity index (χ3v) is 2.45. The zero-order valence-corrected chi connectivity index (χ0v) is 9.47. The summed E-state index contributed by atoms with van der Waals surface area (Å²) in [6, 6.07) is 1.61. The van der Waals surface area contributed by atoms with E-state index in [4.69, 9.17) is 17.3 Å². The Morgan fingerprint density at radius 1 is 1.47 bits per heavy atom. The van der Waals surface area contributed by atoms with E-state index in [0.717, 1.165) is 19.2 Å². The van der Waals surface area contributed by atoms with E-state index >= 15 is 0 Å². The van der Waals surface area contributed by atoms with E-state index in [-0.39, 0.29) is 5.02 Å². The average Bonchev–Trinajstić information content (AvgIpc) is 2.25. The fourth-order valence-electron chi connectivity index (χ4n) is 1.35. The van der Waals surface area contributed by atoms with Crippen LogP contribution in [0.3, 0.4) is 0 Å². The van der Waals surface area contributed by atoms with Crippen molar-refractivity contribution in [3.63, 3.8) is 0 Å². The highest BCUT2D eigenvalue weighted by Gasteiger charge is 2.37. The van der Waals surface area contributed by atoms with Crippen molar-refractivity contribution in [3.05, 3.63) is 34.3 Å². The maximum Gasteiger partial charge on any atom is 0.416 e. The molecule has 0 amide bonds. The van der Waals surface area contributed by atoms with Gasteiger partial charge in [0.15, 0.2) is 0 Å². The van der Waals surface area contributed by atoms with E-state index in [9.17, 15) is 18.0 Å². The molecule has 17 heavy (non-hydrogen) atoms. The molecule has 0 fully saturated rings. The Hall–Kier alpha value is -1.27. The third-order valence-electron chi connectivity index (χ3n) is 2.12. The van der Waals surface area contributed by atoms with Crippen LogP contribution < -0.4 is 5.73 Å². The quantitative estimate of drug-likeness (QED) is 0.838. The Labute approximate surface area is 100 Å². The van der Waals surface area contributed by atoms with Crippen molar-refractivity contribution in [2.45, 2.75) is 12.2 Å². The van der Waals surface area contributed by atoms with Crippen LogP contribution in [0.4, 0.5) is 13.2 Å². The first-order chi connectivity index (χ1) is 7.79. The van der Waals surface area contributed by atoms with Crippen LogP contribution in [0.2, 0.25) is 5.02 Å². The molecular formula is C10H9ClF3NO2. The number of esters is 1. The van der Waals surface area contributed by atoms with Gasteiger partial charge in [0.05, 0.1) is 12.7 Å². The van der Waals surface area contributed by atoms with E-state index < -0.39 is 29.3 Å². The standard InChI is InChI=1S/C10H9ClF3NO2/c1-17-9(16)8(15)7-5(10(12,13)14)3-2-4-6(7)11/h2-4,8H,15H2,1H3/t8-/m1/s1. The van der Waals surface area contributed by atoms with Gasteiger partial charge in [-0.3, -0.25) is 4.79 Å². The van der Waals surface area contributed by atoms with Crippen LogP contribution in [0.5, 0.6) is 0 Å². The van der Waals surface area contributed by atoms with Gasteiger partial charge in [0, 0.05) is 10.6 Å². The molecule has 0 aliphatic carbocycles. The third kappa shape index (κ3) is 2.89. The Balaban J connectivity index is 3.35. The zero-order valence-electron chi connectivity index (χ0n) is 8.72. The minimum absolute atomic E-state index is 0.224. The lowest BCUT2D eigenvalue weighted by Gasteiger charge is -2.17. The van der Waals surface area contributed by atoms with Gasteiger partial charge in [0.2, 0.25) is 0 Å². The molecule has 0 unspecified atom stereocenters. The highest BCUT2D eigenvalue weighted by atomic mass is 35.5. The molecule has 0 heterocycles. The smallest absolute Gasteiger partial charge is 0.416 e. The number of halogens is 4. The number of methoxy groups -OCH3 is 1. The van der Waals surface area contributed by atoms with Crippen molar-refractivity contribution in [1.29, 1.82) is 0 Å². The highest BCUT2D eigenvalue weighted by molar-refractivity contribution is 6.31. The number of hydrogen-bond acceptors (Lipinski definition) is 3. The molecule has 0 saturated heterocycles. The SMILES string of the molecule is COC(=O)[C@H](N)c1c(Cl)cccc1C(F)(F)F. The summed E-state index contributed by atoms with van der Waals surface area (Å²) in [5.41, 5.74) is 3.87. The molecule has 1 rings (SSSR count). The molecule has 0 aromatic heterocycles. The van der Waals surface area contributed by atoms with Gasteiger partial charge in [-0.1, -0.05) is 17.7 Å². The molecule has 1 aromatic carbocycles. The van der Waals surface area contributed by atoms with Gasteiger partial charge in [-0.25, -0.2) is 0 Å². The summed E-state index contributed by atoms with van der Waals surface area (Å²) in [7, 11) is 1.03. The molecule has 3 nitrogen and oxygen atoms in total. The summed E-state index contributed by atoms with van der Waals surface area (Å²) in [4.78, 5) is 11.2. The minimum Gasteiger partial charge on any atom is -0.468 e. The van der Waals surface area contributed by atoms with Crippen LogP contribution in [0.1, 0.15) is 17.2 Å². The van der Waals surface area contributed by atoms with Crippen molar-refractivity contribution >= 4 is 17.6 Å². The molecule has 0 aliphatic heterocycles. The lowest BCUT2D eigenvalue weighted by molar-refractivity contribution is -0.144. The summed E-state index contributed by atoms with van der Waals surface area (Å²) in [5.74, 6) is -0.983. The molecule has 1 atom stereocenters.